The Bertz CT molecular complexity index is 199. The quantitative estimate of drug-likeness (QED) is 0.511. The molecule has 0 radical (unpaired) electrons. The maximum Gasteiger partial charge on any atom is 0.228 e. The topological polar surface area (TPSA) is 9.23 Å². The summed E-state index contributed by atoms with van der Waals surface area (Å²) in [6.07, 6.45) is 0. The smallest absolute Gasteiger partial charge is 0.228 e. The van der Waals surface area contributed by atoms with Crippen LogP contribution in [-0.4, -0.2) is 16.6 Å². The Balaban J connectivity index is 0. The summed E-state index contributed by atoms with van der Waals surface area (Å²) in [6.45, 7) is 16.9. The third-order valence-corrected chi connectivity index (χ3v) is 13.2. The van der Waals surface area contributed by atoms with Gasteiger partial charge >= 0.3 is 0 Å². The molecule has 0 aliphatic rings. The van der Waals surface area contributed by atoms with Crippen LogP contribution < -0.4 is 0 Å². The van der Waals surface area contributed by atoms with Crippen LogP contribution in [-0.2, 0) is 25.2 Å². The molecule has 0 unspecified atom stereocenters. The van der Waals surface area contributed by atoms with E-state index in [1.54, 1.807) is 0 Å². The van der Waals surface area contributed by atoms with Crippen molar-refractivity contribution < 1.29 is 25.2 Å². The predicted octanol–water partition coefficient (Wildman–Crippen LogP) is 4.42. The van der Waals surface area contributed by atoms with Crippen LogP contribution in [0.25, 0.3) is 0 Å². The van der Waals surface area contributed by atoms with Crippen molar-refractivity contribution in [2.24, 2.45) is 0 Å². The molecule has 0 amide bonds. The fourth-order valence-corrected chi connectivity index (χ4v) is 10.3. The van der Waals surface area contributed by atoms with Gasteiger partial charge in [0.25, 0.3) is 0 Å². The van der Waals surface area contributed by atoms with Gasteiger partial charge in [0.1, 0.15) is 0 Å². The second-order valence-corrected chi connectivity index (χ2v) is 12.8. The van der Waals surface area contributed by atoms with Gasteiger partial charge in [0, 0.05) is 21.1 Å². The zero-order valence-electron chi connectivity index (χ0n) is 11.1. The van der Waals surface area contributed by atoms with Crippen molar-refractivity contribution >= 4 is 16.6 Å². The second kappa shape index (κ2) is 8.62. The summed E-state index contributed by atoms with van der Waals surface area (Å²) < 4.78 is 6.56. The van der Waals surface area contributed by atoms with Crippen molar-refractivity contribution in [3.63, 3.8) is 0 Å². The van der Waals surface area contributed by atoms with E-state index in [4.69, 9.17) is 4.12 Å². The molecule has 0 atom stereocenters. The van der Waals surface area contributed by atoms with Gasteiger partial charge in [0.15, 0.2) is 8.32 Å². The molecule has 98 valence electrons. The van der Waals surface area contributed by atoms with Crippen molar-refractivity contribution in [3.05, 3.63) is 24.6 Å². The van der Waals surface area contributed by atoms with Gasteiger partial charge in [-0.15, -0.1) is 13.2 Å². The maximum absolute atomic E-state index is 6.56. The van der Waals surface area contributed by atoms with E-state index < -0.39 is 16.6 Å². The van der Waals surface area contributed by atoms with Gasteiger partial charge < -0.3 is 4.12 Å². The van der Waals surface area contributed by atoms with Crippen molar-refractivity contribution in [1.82, 2.24) is 0 Å². The Morgan fingerprint density at radius 1 is 0.875 bits per heavy atom. The summed E-state index contributed by atoms with van der Waals surface area (Å²) in [4.78, 5) is 0. The zero-order chi connectivity index (χ0) is 11.9. The van der Waals surface area contributed by atoms with Gasteiger partial charge in [-0.2, -0.15) is 0 Å². The minimum absolute atomic E-state index is 0. The SMILES string of the molecule is C=C[Si](C=C)(CC)O[Si](CC)(CC)CC.[Pt]. The van der Waals surface area contributed by atoms with Gasteiger partial charge in [-0.05, 0) is 24.2 Å². The van der Waals surface area contributed by atoms with Crippen LogP contribution in [0.2, 0.25) is 24.2 Å². The first-order chi connectivity index (χ1) is 7.07. The fraction of sp³-hybridized carbons (Fsp3) is 0.667. The molecule has 0 aliphatic heterocycles. The molecule has 0 spiro atoms. The summed E-state index contributed by atoms with van der Waals surface area (Å²) in [5.74, 6) is 0. The van der Waals surface area contributed by atoms with E-state index in [-0.39, 0.29) is 21.1 Å². The molecule has 0 heterocycles. The zero-order valence-corrected chi connectivity index (χ0v) is 15.4. The van der Waals surface area contributed by atoms with Crippen LogP contribution in [0.4, 0.5) is 0 Å². The first-order valence-corrected chi connectivity index (χ1v) is 10.8. The third-order valence-electron chi connectivity index (χ3n) is 3.58. The summed E-state index contributed by atoms with van der Waals surface area (Å²) in [5.41, 5.74) is 4.09. The Morgan fingerprint density at radius 3 is 1.44 bits per heavy atom. The molecular weight excluding hydrogens is 411 g/mol. The van der Waals surface area contributed by atoms with Crippen LogP contribution in [0.1, 0.15) is 27.7 Å². The first kappa shape index (κ1) is 18.9. The van der Waals surface area contributed by atoms with E-state index in [2.05, 4.69) is 40.9 Å². The molecular formula is C12H26OPtSi2. The van der Waals surface area contributed by atoms with E-state index in [0.29, 0.717) is 0 Å². The molecule has 1 nitrogen and oxygen atoms in total. The number of hydrogen-bond acceptors (Lipinski definition) is 1. The standard InChI is InChI=1S/C12H26OSi2.Pt/c1-7-14(8-2,9-3)13-15(10-4,11-5)12-6;/h7-8H,1-2,9-12H2,3-6H3;. The van der Waals surface area contributed by atoms with Crippen LogP contribution in [0.15, 0.2) is 24.6 Å². The van der Waals surface area contributed by atoms with Crippen molar-refractivity contribution in [3.8, 4) is 0 Å². The van der Waals surface area contributed by atoms with Crippen LogP contribution in [0.5, 0.6) is 0 Å². The van der Waals surface area contributed by atoms with E-state index in [1.807, 2.05) is 11.4 Å². The van der Waals surface area contributed by atoms with Crippen LogP contribution >= 0.6 is 0 Å². The third kappa shape index (κ3) is 4.44. The minimum Gasteiger partial charge on any atom is -0.449 e. The van der Waals surface area contributed by atoms with Gasteiger partial charge in [0.05, 0.1) is 0 Å². The van der Waals surface area contributed by atoms with E-state index in [9.17, 15) is 0 Å². The normalized spacial score (nSPS) is 11.8. The fourth-order valence-electron chi connectivity index (χ4n) is 1.90. The van der Waals surface area contributed by atoms with Gasteiger partial charge in [-0.1, -0.05) is 39.1 Å². The van der Waals surface area contributed by atoms with Crippen LogP contribution in [0, 0.1) is 0 Å². The Hall–Kier alpha value is 0.562. The molecule has 0 aromatic heterocycles. The van der Waals surface area contributed by atoms with Gasteiger partial charge in [-0.25, -0.2) is 0 Å². The summed E-state index contributed by atoms with van der Waals surface area (Å²) in [7, 11) is -3.32. The first-order valence-electron chi connectivity index (χ1n) is 6.04. The Morgan fingerprint density at radius 2 is 1.25 bits per heavy atom. The molecule has 4 heteroatoms. The maximum atomic E-state index is 6.56. The number of hydrogen-bond donors (Lipinski definition) is 0. The van der Waals surface area contributed by atoms with Crippen LogP contribution in [0.3, 0.4) is 0 Å². The monoisotopic (exact) mass is 437 g/mol. The second-order valence-electron chi connectivity index (χ2n) is 4.06. The van der Waals surface area contributed by atoms with E-state index in [1.165, 1.54) is 18.1 Å². The van der Waals surface area contributed by atoms with Crippen molar-refractivity contribution in [1.29, 1.82) is 0 Å². The largest absolute Gasteiger partial charge is 0.449 e. The summed E-state index contributed by atoms with van der Waals surface area (Å²) >= 11 is 0. The van der Waals surface area contributed by atoms with Gasteiger partial charge in [0.2, 0.25) is 8.32 Å². The van der Waals surface area contributed by atoms with E-state index >= 15 is 0 Å². The summed E-state index contributed by atoms with van der Waals surface area (Å²) in [6, 6.07) is 4.68. The summed E-state index contributed by atoms with van der Waals surface area (Å²) in [5, 5.41) is 0. The van der Waals surface area contributed by atoms with E-state index in [0.717, 1.165) is 6.04 Å². The molecule has 0 saturated carbocycles. The molecule has 0 bridgehead atoms. The molecule has 0 aromatic rings. The van der Waals surface area contributed by atoms with Gasteiger partial charge in [-0.3, -0.25) is 0 Å². The van der Waals surface area contributed by atoms with Crippen molar-refractivity contribution in [2.75, 3.05) is 0 Å². The molecule has 16 heavy (non-hydrogen) atoms. The molecule has 0 fully saturated rings. The number of rotatable bonds is 8. The Kier molecular flexibility index (Phi) is 10.2. The minimum atomic E-state index is -1.83. The Labute approximate surface area is 118 Å². The molecule has 0 rings (SSSR count). The molecule has 0 N–H and O–H groups in total. The molecule has 0 saturated heterocycles. The molecule has 0 aromatic carbocycles. The predicted molar refractivity (Wildman–Crippen MR) is 74.9 cm³/mol. The average molecular weight is 438 g/mol. The molecule has 0 aliphatic carbocycles. The average Bonchev–Trinajstić information content (AvgIpc) is 2.33. The van der Waals surface area contributed by atoms with Crippen molar-refractivity contribution in [2.45, 2.75) is 51.9 Å².